The van der Waals surface area contributed by atoms with Crippen molar-refractivity contribution >= 4 is 39.9 Å². The maximum Gasteiger partial charge on any atom is 0.293 e. The van der Waals surface area contributed by atoms with Crippen molar-refractivity contribution in [3.05, 3.63) is 59.1 Å². The summed E-state index contributed by atoms with van der Waals surface area (Å²) in [5, 5.41) is 0.800. The number of amides is 2. The van der Waals surface area contributed by atoms with Crippen LogP contribution >= 0.6 is 11.8 Å². The summed E-state index contributed by atoms with van der Waals surface area (Å²) in [5.74, 6) is 1.89. The molecule has 0 N–H and O–H groups in total. The van der Waals surface area contributed by atoms with E-state index in [0.717, 1.165) is 34.0 Å². The Morgan fingerprint density at radius 1 is 1.13 bits per heavy atom. The first-order valence-corrected chi connectivity index (χ1v) is 10.8. The van der Waals surface area contributed by atoms with Gasteiger partial charge in [0.15, 0.2) is 11.5 Å². The molecule has 5 rings (SSSR count). The van der Waals surface area contributed by atoms with Crippen molar-refractivity contribution in [2.45, 2.75) is 13.5 Å². The Balaban J connectivity index is 1.36. The standard InChI is InChI=1S/C23H20N2O5S/c1-2-25-22(26)21(31-23(25)27)11-15-13-24(18-6-4-3-5-17(15)18)9-10-28-16-7-8-19-20(12-16)30-14-29-19/h3-8,11-13H,2,9-10,14H2,1H3/b21-11-. The summed E-state index contributed by atoms with van der Waals surface area (Å²) < 4.78 is 18.7. The van der Waals surface area contributed by atoms with Crippen LogP contribution in [0.5, 0.6) is 17.2 Å². The van der Waals surface area contributed by atoms with Crippen LogP contribution in [0.25, 0.3) is 17.0 Å². The van der Waals surface area contributed by atoms with Gasteiger partial charge in [-0.2, -0.15) is 0 Å². The van der Waals surface area contributed by atoms with Crippen LogP contribution in [0.2, 0.25) is 0 Å². The zero-order valence-electron chi connectivity index (χ0n) is 16.9. The monoisotopic (exact) mass is 436 g/mol. The summed E-state index contributed by atoms with van der Waals surface area (Å²) in [7, 11) is 0. The number of benzene rings is 2. The molecule has 2 aromatic carbocycles. The van der Waals surface area contributed by atoms with Crippen LogP contribution in [0.1, 0.15) is 12.5 Å². The highest BCUT2D eigenvalue weighted by Gasteiger charge is 2.33. The SMILES string of the molecule is CCN1C(=O)S/C(=C\c2cn(CCOc3ccc4c(c3)OCO4)c3ccccc23)C1=O. The van der Waals surface area contributed by atoms with Crippen LogP contribution in [-0.2, 0) is 11.3 Å². The number of imide groups is 1. The molecule has 1 aromatic heterocycles. The second kappa shape index (κ2) is 8.03. The molecule has 0 radical (unpaired) electrons. The topological polar surface area (TPSA) is 70.0 Å². The van der Waals surface area contributed by atoms with E-state index in [1.807, 2.05) is 48.7 Å². The van der Waals surface area contributed by atoms with Crippen LogP contribution in [0.3, 0.4) is 0 Å². The summed E-state index contributed by atoms with van der Waals surface area (Å²) >= 11 is 0.986. The molecule has 2 amide bonds. The Hall–Kier alpha value is -3.39. The first kappa shape index (κ1) is 19.6. The van der Waals surface area contributed by atoms with E-state index >= 15 is 0 Å². The molecular formula is C23H20N2O5S. The van der Waals surface area contributed by atoms with Crippen LogP contribution < -0.4 is 14.2 Å². The van der Waals surface area contributed by atoms with E-state index in [0.29, 0.717) is 36.1 Å². The van der Waals surface area contributed by atoms with Crippen molar-refractivity contribution in [1.29, 1.82) is 0 Å². The Labute approximate surface area is 183 Å². The summed E-state index contributed by atoms with van der Waals surface area (Å²) in [6.45, 7) is 3.49. The van der Waals surface area contributed by atoms with Crippen molar-refractivity contribution in [3.63, 3.8) is 0 Å². The van der Waals surface area contributed by atoms with Crippen molar-refractivity contribution < 1.29 is 23.8 Å². The summed E-state index contributed by atoms with van der Waals surface area (Å²) in [5.41, 5.74) is 1.94. The highest BCUT2D eigenvalue weighted by Crippen LogP contribution is 2.36. The lowest BCUT2D eigenvalue weighted by Gasteiger charge is -2.09. The minimum atomic E-state index is -0.236. The number of rotatable bonds is 6. The van der Waals surface area contributed by atoms with Gasteiger partial charge in [0.25, 0.3) is 11.1 Å². The molecular weight excluding hydrogens is 416 g/mol. The number of para-hydroxylation sites is 1. The number of ether oxygens (including phenoxy) is 3. The van der Waals surface area contributed by atoms with Crippen molar-refractivity contribution in [2.24, 2.45) is 0 Å². The van der Waals surface area contributed by atoms with E-state index < -0.39 is 0 Å². The van der Waals surface area contributed by atoms with Crippen molar-refractivity contribution in [3.8, 4) is 17.2 Å². The maximum absolute atomic E-state index is 12.5. The number of hydrogen-bond acceptors (Lipinski definition) is 6. The molecule has 7 nitrogen and oxygen atoms in total. The quantitative estimate of drug-likeness (QED) is 0.530. The van der Waals surface area contributed by atoms with E-state index in [1.165, 1.54) is 4.90 Å². The molecule has 0 atom stereocenters. The molecule has 2 aliphatic heterocycles. The highest BCUT2D eigenvalue weighted by molar-refractivity contribution is 8.18. The third-order valence-corrected chi connectivity index (χ3v) is 6.15. The predicted octanol–water partition coefficient (Wildman–Crippen LogP) is 4.51. The van der Waals surface area contributed by atoms with E-state index in [2.05, 4.69) is 4.57 Å². The fourth-order valence-electron chi connectivity index (χ4n) is 3.72. The number of carbonyl (C=O) groups excluding carboxylic acids is 2. The van der Waals surface area contributed by atoms with Gasteiger partial charge in [-0.25, -0.2) is 0 Å². The molecule has 0 aliphatic carbocycles. The zero-order chi connectivity index (χ0) is 21.4. The Kier molecular flexibility index (Phi) is 5.07. The fraction of sp³-hybridized carbons (Fsp3) is 0.217. The number of hydrogen-bond donors (Lipinski definition) is 0. The number of likely N-dealkylation sites (N-methyl/N-ethyl adjacent to an activating group) is 1. The number of nitrogens with zero attached hydrogens (tertiary/aromatic N) is 2. The van der Waals surface area contributed by atoms with Gasteiger partial charge in [0.05, 0.1) is 11.4 Å². The van der Waals surface area contributed by atoms with Gasteiger partial charge in [0.1, 0.15) is 12.4 Å². The Bertz CT molecular complexity index is 1220. The van der Waals surface area contributed by atoms with Crippen molar-refractivity contribution in [1.82, 2.24) is 9.47 Å². The van der Waals surface area contributed by atoms with Gasteiger partial charge in [0, 0.05) is 35.3 Å². The average Bonchev–Trinajstić information content (AvgIpc) is 3.45. The molecule has 0 saturated carbocycles. The lowest BCUT2D eigenvalue weighted by atomic mass is 10.1. The Morgan fingerprint density at radius 2 is 1.97 bits per heavy atom. The van der Waals surface area contributed by atoms with Crippen LogP contribution in [0.4, 0.5) is 4.79 Å². The van der Waals surface area contributed by atoms with Gasteiger partial charge in [-0.05, 0) is 43.0 Å². The van der Waals surface area contributed by atoms with Crippen LogP contribution in [0, 0.1) is 0 Å². The minimum Gasteiger partial charge on any atom is -0.492 e. The third-order valence-electron chi connectivity index (χ3n) is 5.24. The van der Waals surface area contributed by atoms with Crippen LogP contribution in [-0.4, -0.2) is 40.6 Å². The van der Waals surface area contributed by atoms with E-state index in [9.17, 15) is 9.59 Å². The van der Waals surface area contributed by atoms with Gasteiger partial charge >= 0.3 is 0 Å². The molecule has 31 heavy (non-hydrogen) atoms. The predicted molar refractivity (Wildman–Crippen MR) is 118 cm³/mol. The van der Waals surface area contributed by atoms with Gasteiger partial charge in [-0.3, -0.25) is 14.5 Å². The minimum absolute atomic E-state index is 0.223. The van der Waals surface area contributed by atoms with Gasteiger partial charge in [-0.15, -0.1) is 0 Å². The van der Waals surface area contributed by atoms with Gasteiger partial charge in [0.2, 0.25) is 6.79 Å². The second-order valence-electron chi connectivity index (χ2n) is 7.08. The van der Waals surface area contributed by atoms with E-state index in [-0.39, 0.29) is 17.9 Å². The lowest BCUT2D eigenvalue weighted by Crippen LogP contribution is -2.27. The van der Waals surface area contributed by atoms with E-state index in [4.69, 9.17) is 14.2 Å². The fourth-order valence-corrected chi connectivity index (χ4v) is 4.61. The molecule has 1 saturated heterocycles. The van der Waals surface area contributed by atoms with Crippen molar-refractivity contribution in [2.75, 3.05) is 19.9 Å². The van der Waals surface area contributed by atoms with Crippen LogP contribution in [0.15, 0.2) is 53.6 Å². The molecule has 3 heterocycles. The second-order valence-corrected chi connectivity index (χ2v) is 8.08. The largest absolute Gasteiger partial charge is 0.492 e. The number of fused-ring (bicyclic) bond motifs is 2. The molecule has 3 aromatic rings. The number of aromatic nitrogens is 1. The first-order chi connectivity index (χ1) is 15.1. The Morgan fingerprint density at radius 3 is 2.81 bits per heavy atom. The molecule has 2 aliphatic rings. The average molecular weight is 436 g/mol. The smallest absolute Gasteiger partial charge is 0.293 e. The maximum atomic E-state index is 12.5. The molecule has 0 unspecified atom stereocenters. The number of thioether (sulfide) groups is 1. The van der Waals surface area contributed by atoms with Gasteiger partial charge in [-0.1, -0.05) is 18.2 Å². The number of carbonyl (C=O) groups is 2. The zero-order valence-corrected chi connectivity index (χ0v) is 17.7. The summed E-state index contributed by atoms with van der Waals surface area (Å²) in [6, 6.07) is 13.5. The molecule has 8 heteroatoms. The normalized spacial score (nSPS) is 16.7. The summed E-state index contributed by atoms with van der Waals surface area (Å²) in [6.07, 6.45) is 3.80. The molecule has 1 fully saturated rings. The lowest BCUT2D eigenvalue weighted by molar-refractivity contribution is -0.122. The summed E-state index contributed by atoms with van der Waals surface area (Å²) in [4.78, 5) is 26.2. The molecule has 0 bridgehead atoms. The van der Waals surface area contributed by atoms with E-state index in [1.54, 1.807) is 13.0 Å². The molecule has 0 spiro atoms. The van der Waals surface area contributed by atoms with Gasteiger partial charge < -0.3 is 18.8 Å². The molecule has 158 valence electrons. The highest BCUT2D eigenvalue weighted by atomic mass is 32.2. The first-order valence-electron chi connectivity index (χ1n) is 9.99. The third kappa shape index (κ3) is 3.63.